The minimum Gasteiger partial charge on any atom is -0.457 e. The van der Waals surface area contributed by atoms with Crippen LogP contribution in [0.15, 0.2) is 63.5 Å². The van der Waals surface area contributed by atoms with Gasteiger partial charge in [0.2, 0.25) is 0 Å². The van der Waals surface area contributed by atoms with Crippen molar-refractivity contribution >= 4 is 55.1 Å². The van der Waals surface area contributed by atoms with E-state index in [-0.39, 0.29) is 17.7 Å². The Hall–Kier alpha value is -2.37. The summed E-state index contributed by atoms with van der Waals surface area (Å²) in [7, 11) is 0. The molecule has 0 radical (unpaired) electrons. The van der Waals surface area contributed by atoms with Crippen molar-refractivity contribution in [3.63, 3.8) is 0 Å². The summed E-state index contributed by atoms with van der Waals surface area (Å²) < 4.78 is 8.16. The summed E-state index contributed by atoms with van der Waals surface area (Å²) in [5.41, 5.74) is 5.59. The first kappa shape index (κ1) is 22.8. The number of anilines is 1. The molecule has 1 amide bonds. The minimum absolute atomic E-state index is 0.0967. The molecule has 1 aliphatic rings. The molecule has 1 aliphatic heterocycles. The van der Waals surface area contributed by atoms with Crippen LogP contribution in [0.2, 0.25) is 0 Å². The smallest absolute Gasteiger partial charge is 0.256 e. The predicted molar refractivity (Wildman–Crippen MR) is 139 cm³/mol. The second kappa shape index (κ2) is 9.24. The maximum absolute atomic E-state index is 12.8. The van der Waals surface area contributed by atoms with Crippen LogP contribution in [0, 0.1) is 0 Å². The minimum atomic E-state index is -0.0967. The normalized spacial score (nSPS) is 14.2. The summed E-state index contributed by atoms with van der Waals surface area (Å²) in [6.07, 6.45) is 1.98. The van der Waals surface area contributed by atoms with Crippen LogP contribution in [0.25, 0.3) is 11.6 Å². The Balaban J connectivity index is 1.86. The highest BCUT2D eigenvalue weighted by Gasteiger charge is 2.27. The number of halogens is 2. The van der Waals surface area contributed by atoms with Crippen molar-refractivity contribution in [2.45, 2.75) is 39.5 Å². The SMILES string of the molecule is CC(C)c1cc(C=C2C(=O)Nc3c(Br)cc(Br)cc32)cc(C(C)C)c1Oc1ccccc1. The van der Waals surface area contributed by atoms with E-state index < -0.39 is 0 Å². The van der Waals surface area contributed by atoms with E-state index in [1.165, 1.54) is 0 Å². The summed E-state index contributed by atoms with van der Waals surface area (Å²) in [5.74, 6) is 2.15. The van der Waals surface area contributed by atoms with Gasteiger partial charge < -0.3 is 10.1 Å². The molecule has 0 saturated heterocycles. The summed E-state index contributed by atoms with van der Waals surface area (Å²) in [6.45, 7) is 8.67. The highest BCUT2D eigenvalue weighted by molar-refractivity contribution is 9.11. The summed E-state index contributed by atoms with van der Waals surface area (Å²) >= 11 is 7.09. The van der Waals surface area contributed by atoms with Crippen LogP contribution >= 0.6 is 31.9 Å². The fourth-order valence-electron chi connectivity index (χ4n) is 3.89. The number of para-hydroxylation sites is 1. The highest BCUT2D eigenvalue weighted by Crippen LogP contribution is 2.42. The molecular weight excluding hydrogens is 530 g/mol. The second-order valence-electron chi connectivity index (χ2n) is 8.58. The van der Waals surface area contributed by atoms with Crippen LogP contribution in [0.4, 0.5) is 5.69 Å². The maximum Gasteiger partial charge on any atom is 0.256 e. The number of amides is 1. The molecule has 0 aliphatic carbocycles. The van der Waals surface area contributed by atoms with E-state index in [2.05, 4.69) is 77.0 Å². The lowest BCUT2D eigenvalue weighted by molar-refractivity contribution is -0.110. The van der Waals surface area contributed by atoms with Gasteiger partial charge in [-0.25, -0.2) is 0 Å². The predicted octanol–water partition coefficient (Wildman–Crippen LogP) is 8.74. The van der Waals surface area contributed by atoms with Crippen molar-refractivity contribution in [2.24, 2.45) is 0 Å². The Morgan fingerprint density at radius 2 is 1.53 bits per heavy atom. The molecule has 0 unspecified atom stereocenters. The summed E-state index contributed by atoms with van der Waals surface area (Å²) in [4.78, 5) is 12.8. The molecule has 1 N–H and O–H groups in total. The topological polar surface area (TPSA) is 38.3 Å². The zero-order chi connectivity index (χ0) is 23.0. The van der Waals surface area contributed by atoms with E-state index in [1.807, 2.05) is 48.5 Å². The van der Waals surface area contributed by atoms with Crippen molar-refractivity contribution in [2.75, 3.05) is 5.32 Å². The van der Waals surface area contributed by atoms with Crippen LogP contribution in [0.1, 0.15) is 61.8 Å². The van der Waals surface area contributed by atoms with Gasteiger partial charge in [0.25, 0.3) is 5.91 Å². The van der Waals surface area contributed by atoms with Gasteiger partial charge in [-0.15, -0.1) is 0 Å². The van der Waals surface area contributed by atoms with Crippen molar-refractivity contribution < 1.29 is 9.53 Å². The van der Waals surface area contributed by atoms with Gasteiger partial charge in [-0.05, 0) is 86.9 Å². The third kappa shape index (κ3) is 4.55. The number of rotatable bonds is 5. The Morgan fingerprint density at radius 3 is 2.12 bits per heavy atom. The van der Waals surface area contributed by atoms with Crippen LogP contribution in [0.5, 0.6) is 11.5 Å². The molecule has 0 saturated carbocycles. The van der Waals surface area contributed by atoms with Gasteiger partial charge in [0.1, 0.15) is 11.5 Å². The molecule has 0 aromatic heterocycles. The van der Waals surface area contributed by atoms with Gasteiger partial charge in [-0.1, -0.05) is 61.8 Å². The Morgan fingerprint density at radius 1 is 0.906 bits per heavy atom. The number of benzene rings is 3. The van der Waals surface area contributed by atoms with Crippen LogP contribution in [-0.2, 0) is 4.79 Å². The van der Waals surface area contributed by atoms with Crippen molar-refractivity contribution in [1.82, 2.24) is 0 Å². The molecule has 3 aromatic carbocycles. The van der Waals surface area contributed by atoms with Crippen molar-refractivity contribution in [1.29, 1.82) is 0 Å². The standard InChI is InChI=1S/C27H25Br2NO2/c1-15(2)20-10-17(11-21(16(3)4)26(20)32-19-8-6-5-7-9-19)12-23-22-13-18(28)14-24(29)25(22)30-27(23)31/h5-16H,1-4H3,(H,30,31). The van der Waals surface area contributed by atoms with Crippen LogP contribution in [0.3, 0.4) is 0 Å². The zero-order valence-electron chi connectivity index (χ0n) is 18.5. The van der Waals surface area contributed by atoms with E-state index in [1.54, 1.807) is 0 Å². The fourth-order valence-corrected chi connectivity index (χ4v) is 5.21. The number of carbonyl (C=O) groups is 1. The summed E-state index contributed by atoms with van der Waals surface area (Å²) in [6, 6.07) is 18.1. The molecule has 4 rings (SSSR count). The number of hydrogen-bond acceptors (Lipinski definition) is 2. The molecule has 164 valence electrons. The first-order chi connectivity index (χ1) is 15.2. The van der Waals surface area contributed by atoms with Crippen LogP contribution < -0.4 is 10.1 Å². The quantitative estimate of drug-likeness (QED) is 0.320. The maximum atomic E-state index is 12.8. The van der Waals surface area contributed by atoms with E-state index in [0.717, 1.165) is 48.4 Å². The molecule has 3 nitrogen and oxygen atoms in total. The van der Waals surface area contributed by atoms with Crippen molar-refractivity contribution in [3.05, 3.63) is 85.8 Å². The lowest BCUT2D eigenvalue weighted by Crippen LogP contribution is -2.05. The van der Waals surface area contributed by atoms with E-state index >= 15 is 0 Å². The van der Waals surface area contributed by atoms with Gasteiger partial charge >= 0.3 is 0 Å². The number of nitrogens with one attached hydrogen (secondary N) is 1. The molecule has 0 atom stereocenters. The molecular formula is C27H25Br2NO2. The zero-order valence-corrected chi connectivity index (χ0v) is 21.7. The Labute approximate surface area is 206 Å². The molecule has 0 bridgehead atoms. The Kier molecular flexibility index (Phi) is 6.59. The molecule has 0 fully saturated rings. The van der Waals surface area contributed by atoms with E-state index in [4.69, 9.17) is 4.74 Å². The number of hydrogen-bond donors (Lipinski definition) is 1. The Bertz CT molecular complexity index is 1180. The van der Waals surface area contributed by atoms with Gasteiger partial charge in [0, 0.05) is 20.1 Å². The first-order valence-electron chi connectivity index (χ1n) is 10.7. The molecule has 1 heterocycles. The van der Waals surface area contributed by atoms with Gasteiger partial charge in [-0.2, -0.15) is 0 Å². The third-order valence-corrected chi connectivity index (χ3v) is 6.60. The van der Waals surface area contributed by atoms with Gasteiger partial charge in [0.15, 0.2) is 0 Å². The molecule has 5 heteroatoms. The summed E-state index contributed by atoms with van der Waals surface area (Å²) in [5, 5.41) is 2.98. The largest absolute Gasteiger partial charge is 0.457 e. The average Bonchev–Trinajstić information content (AvgIpc) is 3.05. The number of carbonyl (C=O) groups excluding carboxylic acids is 1. The second-order valence-corrected chi connectivity index (χ2v) is 10.3. The number of fused-ring (bicyclic) bond motifs is 1. The highest BCUT2D eigenvalue weighted by atomic mass is 79.9. The fraction of sp³-hybridized carbons (Fsp3) is 0.222. The average molecular weight is 555 g/mol. The lowest BCUT2D eigenvalue weighted by atomic mass is 9.90. The van der Waals surface area contributed by atoms with Crippen molar-refractivity contribution in [3.8, 4) is 11.5 Å². The van der Waals surface area contributed by atoms with Crippen LogP contribution in [-0.4, -0.2) is 5.91 Å². The first-order valence-corrected chi connectivity index (χ1v) is 12.3. The lowest BCUT2D eigenvalue weighted by Gasteiger charge is -2.21. The van der Waals surface area contributed by atoms with E-state index in [0.29, 0.717) is 5.57 Å². The monoisotopic (exact) mass is 553 g/mol. The molecule has 0 spiro atoms. The van der Waals surface area contributed by atoms with Gasteiger partial charge in [0.05, 0.1) is 5.69 Å². The van der Waals surface area contributed by atoms with Gasteiger partial charge in [-0.3, -0.25) is 4.79 Å². The third-order valence-electron chi connectivity index (χ3n) is 5.52. The number of ether oxygens (including phenoxy) is 1. The molecule has 3 aromatic rings. The molecule has 32 heavy (non-hydrogen) atoms. The van der Waals surface area contributed by atoms with E-state index in [9.17, 15) is 4.79 Å².